The number of nitrogens with zero attached hydrogens (tertiary/aromatic N) is 1. The van der Waals surface area contributed by atoms with Gasteiger partial charge in [0.1, 0.15) is 17.6 Å². The lowest BCUT2D eigenvalue weighted by Gasteiger charge is -2.22. The minimum atomic E-state index is -4.37. The van der Waals surface area contributed by atoms with Crippen LogP contribution in [0.5, 0.6) is 11.5 Å². The molecule has 0 bridgehead atoms. The van der Waals surface area contributed by atoms with Crippen molar-refractivity contribution in [2.45, 2.75) is 31.7 Å². The maximum absolute atomic E-state index is 12.8. The van der Waals surface area contributed by atoms with Gasteiger partial charge in [-0.1, -0.05) is 42.5 Å². The first kappa shape index (κ1) is 23.7. The fourth-order valence-corrected chi connectivity index (χ4v) is 3.29. The van der Waals surface area contributed by atoms with Gasteiger partial charge in [-0.15, -0.1) is 0 Å². The summed E-state index contributed by atoms with van der Waals surface area (Å²) in [5.41, 5.74) is 1.40. The van der Waals surface area contributed by atoms with Crippen LogP contribution in [-0.4, -0.2) is 25.6 Å². The van der Waals surface area contributed by atoms with Crippen LogP contribution in [0.3, 0.4) is 0 Å². The van der Waals surface area contributed by atoms with Crippen molar-refractivity contribution in [3.63, 3.8) is 0 Å². The van der Waals surface area contributed by atoms with Gasteiger partial charge in [-0.25, -0.2) is 0 Å². The molecule has 0 aromatic heterocycles. The standard InChI is InChI=1S/C26H28F3NO2/c1-19(30(2)3)21-10-7-11-24(18-21)31-17-16-25(20-8-5-4-6-9-20)32-23-14-12-22(13-15-23)26(27,28)29/h4-15,18-19,25H,16-17H2,1-3H3. The van der Waals surface area contributed by atoms with Gasteiger partial charge < -0.3 is 14.4 Å². The minimum Gasteiger partial charge on any atom is -0.493 e. The molecule has 32 heavy (non-hydrogen) atoms. The normalized spacial score (nSPS) is 13.6. The molecule has 0 N–H and O–H groups in total. The lowest BCUT2D eigenvalue weighted by Crippen LogP contribution is -2.16. The highest BCUT2D eigenvalue weighted by molar-refractivity contribution is 5.31. The fraction of sp³-hybridized carbons (Fsp3) is 0.308. The van der Waals surface area contributed by atoms with Crippen LogP contribution in [0, 0.1) is 0 Å². The number of alkyl halides is 3. The smallest absolute Gasteiger partial charge is 0.416 e. The number of hydrogen-bond acceptors (Lipinski definition) is 3. The maximum atomic E-state index is 12.8. The number of hydrogen-bond donors (Lipinski definition) is 0. The third kappa shape index (κ3) is 6.50. The lowest BCUT2D eigenvalue weighted by molar-refractivity contribution is -0.137. The highest BCUT2D eigenvalue weighted by Crippen LogP contribution is 2.32. The van der Waals surface area contributed by atoms with Crippen LogP contribution in [0.1, 0.15) is 42.2 Å². The van der Waals surface area contributed by atoms with Gasteiger partial charge in [-0.2, -0.15) is 13.2 Å². The Morgan fingerprint density at radius 2 is 1.47 bits per heavy atom. The number of benzene rings is 3. The average molecular weight is 444 g/mol. The van der Waals surface area contributed by atoms with Crippen molar-refractivity contribution < 1.29 is 22.6 Å². The molecular formula is C26H28F3NO2. The molecule has 3 aromatic carbocycles. The van der Waals surface area contributed by atoms with Crippen LogP contribution in [0.15, 0.2) is 78.9 Å². The molecule has 6 heteroatoms. The van der Waals surface area contributed by atoms with Crippen molar-refractivity contribution in [3.8, 4) is 11.5 Å². The second-order valence-electron chi connectivity index (χ2n) is 7.89. The first-order valence-electron chi connectivity index (χ1n) is 10.5. The molecule has 0 fully saturated rings. The summed E-state index contributed by atoms with van der Waals surface area (Å²) in [6, 6.07) is 22.6. The van der Waals surface area contributed by atoms with Gasteiger partial charge in [-0.05, 0) is 68.5 Å². The first-order chi connectivity index (χ1) is 15.2. The Balaban J connectivity index is 1.68. The van der Waals surface area contributed by atoms with E-state index in [1.54, 1.807) is 0 Å². The summed E-state index contributed by atoms with van der Waals surface area (Å²) >= 11 is 0. The van der Waals surface area contributed by atoms with Crippen molar-refractivity contribution >= 4 is 0 Å². The second-order valence-corrected chi connectivity index (χ2v) is 7.89. The largest absolute Gasteiger partial charge is 0.493 e. The van der Waals surface area contributed by atoms with Gasteiger partial charge in [0.15, 0.2) is 0 Å². The molecule has 0 heterocycles. The number of ether oxygens (including phenoxy) is 2. The third-order valence-corrected chi connectivity index (χ3v) is 5.40. The third-order valence-electron chi connectivity index (χ3n) is 5.40. The Hall–Kier alpha value is -2.99. The van der Waals surface area contributed by atoms with E-state index in [0.29, 0.717) is 18.8 Å². The van der Waals surface area contributed by atoms with Crippen molar-refractivity contribution in [2.24, 2.45) is 0 Å². The van der Waals surface area contributed by atoms with E-state index < -0.39 is 11.7 Å². The van der Waals surface area contributed by atoms with Crippen LogP contribution in [-0.2, 0) is 6.18 Å². The van der Waals surface area contributed by atoms with E-state index in [9.17, 15) is 13.2 Å². The van der Waals surface area contributed by atoms with Crippen molar-refractivity contribution in [1.82, 2.24) is 4.90 Å². The fourth-order valence-electron chi connectivity index (χ4n) is 3.29. The first-order valence-corrected chi connectivity index (χ1v) is 10.5. The second kappa shape index (κ2) is 10.6. The summed E-state index contributed by atoms with van der Waals surface area (Å²) in [4.78, 5) is 2.13. The van der Waals surface area contributed by atoms with Gasteiger partial charge in [-0.3, -0.25) is 0 Å². The van der Waals surface area contributed by atoms with E-state index in [-0.39, 0.29) is 12.1 Å². The molecule has 0 saturated carbocycles. The van der Waals surface area contributed by atoms with Crippen LogP contribution >= 0.6 is 0 Å². The predicted octanol–water partition coefficient (Wildman–Crippen LogP) is 6.92. The summed E-state index contributed by atoms with van der Waals surface area (Å²) in [5.74, 6) is 1.16. The summed E-state index contributed by atoms with van der Waals surface area (Å²) in [6.07, 6.45) is -4.18. The molecule has 0 amide bonds. The topological polar surface area (TPSA) is 21.7 Å². The highest BCUT2D eigenvalue weighted by Gasteiger charge is 2.30. The van der Waals surface area contributed by atoms with Crippen molar-refractivity contribution in [3.05, 3.63) is 95.6 Å². The zero-order valence-corrected chi connectivity index (χ0v) is 18.5. The Labute approximate surface area is 187 Å². The highest BCUT2D eigenvalue weighted by atomic mass is 19.4. The van der Waals surface area contributed by atoms with E-state index >= 15 is 0 Å². The Morgan fingerprint density at radius 1 is 0.812 bits per heavy atom. The summed E-state index contributed by atoms with van der Waals surface area (Å²) in [5, 5.41) is 0. The molecule has 0 spiro atoms. The van der Waals surface area contributed by atoms with Gasteiger partial charge in [0, 0.05) is 12.5 Å². The van der Waals surface area contributed by atoms with Gasteiger partial charge in [0.05, 0.1) is 12.2 Å². The lowest BCUT2D eigenvalue weighted by atomic mass is 10.1. The quantitative estimate of drug-likeness (QED) is 0.358. The molecule has 170 valence electrons. The molecule has 3 rings (SSSR count). The van der Waals surface area contributed by atoms with E-state index in [0.717, 1.165) is 29.0 Å². The van der Waals surface area contributed by atoms with Gasteiger partial charge in [0.2, 0.25) is 0 Å². The molecule has 0 aliphatic heterocycles. The zero-order valence-electron chi connectivity index (χ0n) is 18.5. The SMILES string of the molecule is CC(c1cccc(OCCC(Oc2ccc(C(F)(F)F)cc2)c2ccccc2)c1)N(C)C. The van der Waals surface area contributed by atoms with E-state index in [1.165, 1.54) is 12.1 Å². The average Bonchev–Trinajstić information content (AvgIpc) is 2.78. The van der Waals surface area contributed by atoms with Crippen LogP contribution in [0.25, 0.3) is 0 Å². The number of rotatable bonds is 9. The summed E-state index contributed by atoms with van der Waals surface area (Å²) < 4.78 is 50.5. The zero-order chi connectivity index (χ0) is 23.1. The number of halogens is 3. The maximum Gasteiger partial charge on any atom is 0.416 e. The van der Waals surface area contributed by atoms with Crippen molar-refractivity contribution in [1.29, 1.82) is 0 Å². The van der Waals surface area contributed by atoms with Gasteiger partial charge >= 0.3 is 6.18 Å². The van der Waals surface area contributed by atoms with E-state index in [4.69, 9.17) is 9.47 Å². The molecule has 0 radical (unpaired) electrons. The van der Waals surface area contributed by atoms with Gasteiger partial charge in [0.25, 0.3) is 0 Å². The Bertz CT molecular complexity index is 972. The Morgan fingerprint density at radius 3 is 2.09 bits per heavy atom. The van der Waals surface area contributed by atoms with E-state index in [2.05, 4.69) is 17.9 Å². The molecule has 3 aromatic rings. The van der Waals surface area contributed by atoms with Crippen LogP contribution in [0.4, 0.5) is 13.2 Å². The minimum absolute atomic E-state index is 0.263. The Kier molecular flexibility index (Phi) is 7.80. The van der Waals surface area contributed by atoms with Crippen LogP contribution in [0.2, 0.25) is 0 Å². The molecule has 0 aliphatic rings. The molecule has 2 unspecified atom stereocenters. The summed E-state index contributed by atoms with van der Waals surface area (Å²) in [7, 11) is 4.06. The van der Waals surface area contributed by atoms with Crippen molar-refractivity contribution in [2.75, 3.05) is 20.7 Å². The predicted molar refractivity (Wildman–Crippen MR) is 120 cm³/mol. The molecular weight excluding hydrogens is 415 g/mol. The molecule has 0 aliphatic carbocycles. The molecule has 0 saturated heterocycles. The van der Waals surface area contributed by atoms with E-state index in [1.807, 2.05) is 62.6 Å². The molecule has 2 atom stereocenters. The summed E-state index contributed by atoms with van der Waals surface area (Å²) in [6.45, 7) is 2.53. The molecule has 3 nitrogen and oxygen atoms in total. The van der Waals surface area contributed by atoms with Crippen LogP contribution < -0.4 is 9.47 Å². The monoisotopic (exact) mass is 443 g/mol.